The number of nitrogens with zero attached hydrogens (tertiary/aromatic N) is 3. The third kappa shape index (κ3) is 2.76. The summed E-state index contributed by atoms with van der Waals surface area (Å²) in [6.07, 6.45) is 4.37. The van der Waals surface area contributed by atoms with Gasteiger partial charge in [0.2, 0.25) is 0 Å². The molecular formula is C14H20N4O. The Balaban J connectivity index is 2.24. The lowest BCUT2D eigenvalue weighted by molar-refractivity contribution is 0.406. The molecule has 0 aromatic carbocycles. The van der Waals surface area contributed by atoms with Crippen molar-refractivity contribution >= 4 is 0 Å². The van der Waals surface area contributed by atoms with Gasteiger partial charge in [-0.2, -0.15) is 5.10 Å². The van der Waals surface area contributed by atoms with Crippen LogP contribution in [0.15, 0.2) is 18.5 Å². The fourth-order valence-corrected chi connectivity index (χ4v) is 2.22. The molecule has 5 heteroatoms. The number of aryl methyl sites for hydroxylation is 2. The van der Waals surface area contributed by atoms with E-state index in [-0.39, 0.29) is 6.04 Å². The van der Waals surface area contributed by atoms with Crippen LogP contribution in [-0.4, -0.2) is 21.9 Å². The van der Waals surface area contributed by atoms with Gasteiger partial charge >= 0.3 is 0 Å². The van der Waals surface area contributed by atoms with E-state index in [1.165, 1.54) is 0 Å². The zero-order valence-electron chi connectivity index (χ0n) is 11.8. The van der Waals surface area contributed by atoms with Gasteiger partial charge in [-0.25, -0.2) is 0 Å². The smallest absolute Gasteiger partial charge is 0.128 e. The van der Waals surface area contributed by atoms with Gasteiger partial charge in [0.25, 0.3) is 0 Å². The molecule has 0 radical (unpaired) electrons. The number of hydrogen-bond donors (Lipinski definition) is 1. The van der Waals surface area contributed by atoms with Crippen LogP contribution < -0.4 is 10.5 Å². The van der Waals surface area contributed by atoms with Crippen LogP contribution in [0.3, 0.4) is 0 Å². The quantitative estimate of drug-likeness (QED) is 0.908. The first-order valence-electron chi connectivity index (χ1n) is 6.27. The van der Waals surface area contributed by atoms with Crippen molar-refractivity contribution in [2.75, 3.05) is 7.11 Å². The molecule has 19 heavy (non-hydrogen) atoms. The minimum atomic E-state index is -0.153. The average Bonchev–Trinajstić information content (AvgIpc) is 2.80. The van der Waals surface area contributed by atoms with Gasteiger partial charge in [-0.1, -0.05) is 0 Å². The van der Waals surface area contributed by atoms with Gasteiger partial charge < -0.3 is 10.5 Å². The van der Waals surface area contributed by atoms with Crippen molar-refractivity contribution in [1.29, 1.82) is 0 Å². The first-order chi connectivity index (χ1) is 9.02. The molecule has 2 aromatic rings. The molecule has 1 atom stereocenters. The monoisotopic (exact) mass is 260 g/mol. The van der Waals surface area contributed by atoms with E-state index in [1.54, 1.807) is 11.8 Å². The van der Waals surface area contributed by atoms with E-state index in [2.05, 4.69) is 10.1 Å². The standard InChI is InChI=1S/C14H20N4O/c1-9-8-16-13(10(2)14(9)19-4)7-11(15)12-5-6-18(3)17-12/h5-6,8,11H,7,15H2,1-4H3. The van der Waals surface area contributed by atoms with Crippen molar-refractivity contribution in [3.63, 3.8) is 0 Å². The van der Waals surface area contributed by atoms with Crippen LogP contribution in [0.2, 0.25) is 0 Å². The predicted molar refractivity (Wildman–Crippen MR) is 74.1 cm³/mol. The molecule has 102 valence electrons. The maximum atomic E-state index is 6.18. The molecule has 1 unspecified atom stereocenters. The van der Waals surface area contributed by atoms with Crippen LogP contribution in [0, 0.1) is 13.8 Å². The molecule has 0 fully saturated rings. The van der Waals surface area contributed by atoms with Gasteiger partial charge in [0, 0.05) is 42.7 Å². The van der Waals surface area contributed by atoms with E-state index in [0.29, 0.717) is 6.42 Å². The fraction of sp³-hybridized carbons (Fsp3) is 0.429. The summed E-state index contributed by atoms with van der Waals surface area (Å²) in [4.78, 5) is 4.46. The number of nitrogens with two attached hydrogens (primary N) is 1. The lowest BCUT2D eigenvalue weighted by Crippen LogP contribution is -2.16. The molecule has 5 nitrogen and oxygen atoms in total. The average molecular weight is 260 g/mol. The Morgan fingerprint density at radius 2 is 2.16 bits per heavy atom. The number of ether oxygens (including phenoxy) is 1. The van der Waals surface area contributed by atoms with E-state index in [9.17, 15) is 0 Å². The van der Waals surface area contributed by atoms with E-state index in [0.717, 1.165) is 28.3 Å². The summed E-state index contributed by atoms with van der Waals surface area (Å²) in [5.74, 6) is 0.887. The highest BCUT2D eigenvalue weighted by molar-refractivity contribution is 5.41. The molecular weight excluding hydrogens is 240 g/mol. The third-order valence-corrected chi connectivity index (χ3v) is 3.28. The van der Waals surface area contributed by atoms with Crippen LogP contribution in [0.4, 0.5) is 0 Å². The molecule has 0 saturated heterocycles. The van der Waals surface area contributed by atoms with Crippen molar-refractivity contribution in [2.24, 2.45) is 12.8 Å². The molecule has 0 aliphatic carbocycles. The Morgan fingerprint density at radius 1 is 1.42 bits per heavy atom. The van der Waals surface area contributed by atoms with Crippen molar-refractivity contribution in [2.45, 2.75) is 26.3 Å². The maximum absolute atomic E-state index is 6.18. The van der Waals surface area contributed by atoms with E-state index >= 15 is 0 Å². The Labute approximate surface area is 113 Å². The van der Waals surface area contributed by atoms with E-state index in [4.69, 9.17) is 10.5 Å². The molecule has 2 heterocycles. The van der Waals surface area contributed by atoms with E-state index < -0.39 is 0 Å². The maximum Gasteiger partial charge on any atom is 0.128 e. The minimum absolute atomic E-state index is 0.153. The lowest BCUT2D eigenvalue weighted by atomic mass is 10.0. The Morgan fingerprint density at radius 3 is 2.74 bits per heavy atom. The second kappa shape index (κ2) is 5.40. The van der Waals surface area contributed by atoms with Crippen molar-refractivity contribution in [3.8, 4) is 5.75 Å². The minimum Gasteiger partial charge on any atom is -0.496 e. The normalized spacial score (nSPS) is 12.5. The summed E-state index contributed by atoms with van der Waals surface area (Å²) in [5.41, 5.74) is 10.1. The molecule has 2 N–H and O–H groups in total. The summed E-state index contributed by atoms with van der Waals surface area (Å²) < 4.78 is 7.16. The summed E-state index contributed by atoms with van der Waals surface area (Å²) >= 11 is 0. The number of aromatic nitrogens is 3. The van der Waals surface area contributed by atoms with E-state index in [1.807, 2.05) is 39.4 Å². The highest BCUT2D eigenvalue weighted by atomic mass is 16.5. The van der Waals surface area contributed by atoms with Gasteiger partial charge in [-0.05, 0) is 19.9 Å². The molecule has 0 aliphatic rings. The Hall–Kier alpha value is -1.88. The predicted octanol–water partition coefficient (Wildman–Crippen LogP) is 1.68. The Kier molecular flexibility index (Phi) is 3.85. The molecule has 2 rings (SSSR count). The van der Waals surface area contributed by atoms with Gasteiger partial charge in [-0.15, -0.1) is 0 Å². The number of methoxy groups -OCH3 is 1. The molecule has 0 amide bonds. The molecule has 0 bridgehead atoms. The second-order valence-electron chi connectivity index (χ2n) is 4.77. The van der Waals surface area contributed by atoms with Crippen LogP contribution in [0.25, 0.3) is 0 Å². The third-order valence-electron chi connectivity index (χ3n) is 3.28. The highest BCUT2D eigenvalue weighted by Gasteiger charge is 2.15. The highest BCUT2D eigenvalue weighted by Crippen LogP contribution is 2.26. The van der Waals surface area contributed by atoms with Crippen molar-refractivity contribution in [3.05, 3.63) is 41.0 Å². The molecule has 2 aromatic heterocycles. The van der Waals surface area contributed by atoms with Gasteiger partial charge in [-0.3, -0.25) is 9.67 Å². The lowest BCUT2D eigenvalue weighted by Gasteiger charge is -2.14. The zero-order chi connectivity index (χ0) is 14.0. The van der Waals surface area contributed by atoms with Crippen LogP contribution in [0.1, 0.15) is 28.6 Å². The van der Waals surface area contributed by atoms with Crippen LogP contribution in [-0.2, 0) is 13.5 Å². The summed E-state index contributed by atoms with van der Waals surface area (Å²) in [6, 6.07) is 1.78. The molecule has 0 spiro atoms. The van der Waals surface area contributed by atoms with Crippen molar-refractivity contribution < 1.29 is 4.74 Å². The first-order valence-corrected chi connectivity index (χ1v) is 6.27. The fourth-order valence-electron chi connectivity index (χ4n) is 2.22. The largest absolute Gasteiger partial charge is 0.496 e. The summed E-state index contributed by atoms with van der Waals surface area (Å²) in [5, 5.41) is 4.33. The molecule has 0 aliphatic heterocycles. The first kappa shape index (κ1) is 13.5. The van der Waals surface area contributed by atoms with Gasteiger partial charge in [0.1, 0.15) is 5.75 Å². The van der Waals surface area contributed by atoms with Gasteiger partial charge in [0.05, 0.1) is 18.8 Å². The molecule has 0 saturated carbocycles. The number of hydrogen-bond acceptors (Lipinski definition) is 4. The summed E-state index contributed by atoms with van der Waals surface area (Å²) in [6.45, 7) is 4.00. The SMILES string of the molecule is COc1c(C)cnc(CC(N)c2ccn(C)n2)c1C. The van der Waals surface area contributed by atoms with Crippen molar-refractivity contribution in [1.82, 2.24) is 14.8 Å². The van der Waals surface area contributed by atoms with Crippen LogP contribution in [0.5, 0.6) is 5.75 Å². The topological polar surface area (TPSA) is 66.0 Å². The summed E-state index contributed by atoms with van der Waals surface area (Å²) in [7, 11) is 3.56. The Bertz CT molecular complexity index is 577. The van der Waals surface area contributed by atoms with Crippen LogP contribution >= 0.6 is 0 Å². The van der Waals surface area contributed by atoms with Gasteiger partial charge in [0.15, 0.2) is 0 Å². The number of rotatable bonds is 4. The number of pyridine rings is 1. The zero-order valence-corrected chi connectivity index (χ0v) is 11.8. The second-order valence-corrected chi connectivity index (χ2v) is 4.77.